The Morgan fingerprint density at radius 3 is 2.30 bits per heavy atom. The van der Waals surface area contributed by atoms with Crippen molar-refractivity contribution in [2.45, 2.75) is 43.0 Å². The number of hydrogen-bond donors (Lipinski definition) is 1. The number of likely N-dealkylation sites (tertiary alicyclic amines) is 1. The summed E-state index contributed by atoms with van der Waals surface area (Å²) in [5.74, 6) is 0.542. The van der Waals surface area contributed by atoms with E-state index in [-0.39, 0.29) is 16.8 Å². The van der Waals surface area contributed by atoms with Crippen molar-refractivity contribution in [3.8, 4) is 5.75 Å². The van der Waals surface area contributed by atoms with Gasteiger partial charge in [0.25, 0.3) is 5.91 Å². The topological polar surface area (TPSA) is 78.9 Å². The van der Waals surface area contributed by atoms with Gasteiger partial charge in [-0.1, -0.05) is 24.6 Å². The summed E-state index contributed by atoms with van der Waals surface area (Å²) in [5.41, 5.74) is 1.49. The fraction of sp³-hybridized carbons (Fsp3) is 0.480. The van der Waals surface area contributed by atoms with Gasteiger partial charge >= 0.3 is 0 Å². The zero-order chi connectivity index (χ0) is 23.3. The molecular weight excluding hydrogens is 438 g/mol. The molecule has 2 aliphatic heterocycles. The van der Waals surface area contributed by atoms with Gasteiger partial charge in [0, 0.05) is 25.2 Å². The summed E-state index contributed by atoms with van der Waals surface area (Å²) in [6.07, 6.45) is 5.29. The van der Waals surface area contributed by atoms with Crippen LogP contribution in [0.2, 0.25) is 0 Å². The Morgan fingerprint density at radius 1 is 0.970 bits per heavy atom. The van der Waals surface area contributed by atoms with Crippen LogP contribution in [0.15, 0.2) is 53.4 Å². The molecule has 2 saturated heterocycles. The van der Waals surface area contributed by atoms with Crippen molar-refractivity contribution in [3.05, 3.63) is 59.7 Å². The summed E-state index contributed by atoms with van der Waals surface area (Å²) in [7, 11) is -1.91. The van der Waals surface area contributed by atoms with E-state index >= 15 is 0 Å². The summed E-state index contributed by atoms with van der Waals surface area (Å²) in [5, 5.41) is 3.05. The second-order valence-corrected chi connectivity index (χ2v) is 10.7. The van der Waals surface area contributed by atoms with Crippen LogP contribution < -0.4 is 10.1 Å². The van der Waals surface area contributed by atoms with Crippen molar-refractivity contribution in [1.29, 1.82) is 0 Å². The number of ether oxygens (including phenoxy) is 1. The third-order valence-electron chi connectivity index (χ3n) is 6.59. The van der Waals surface area contributed by atoms with E-state index in [1.807, 2.05) is 24.3 Å². The van der Waals surface area contributed by atoms with E-state index in [9.17, 15) is 13.2 Å². The van der Waals surface area contributed by atoms with Crippen LogP contribution in [0, 0.1) is 0 Å². The molecule has 1 atom stereocenters. The van der Waals surface area contributed by atoms with Crippen molar-refractivity contribution in [1.82, 2.24) is 14.5 Å². The first-order chi connectivity index (χ1) is 16.0. The molecule has 2 heterocycles. The van der Waals surface area contributed by atoms with E-state index in [4.69, 9.17) is 4.74 Å². The van der Waals surface area contributed by atoms with Crippen molar-refractivity contribution in [3.63, 3.8) is 0 Å². The molecule has 0 spiro atoms. The molecule has 0 aliphatic carbocycles. The fourth-order valence-electron chi connectivity index (χ4n) is 4.68. The first-order valence-corrected chi connectivity index (χ1v) is 13.2. The minimum atomic E-state index is -3.56. The van der Waals surface area contributed by atoms with Crippen LogP contribution in [0.4, 0.5) is 0 Å². The van der Waals surface area contributed by atoms with Gasteiger partial charge in [0.2, 0.25) is 10.0 Å². The van der Waals surface area contributed by atoms with Gasteiger partial charge in [-0.25, -0.2) is 8.42 Å². The predicted molar refractivity (Wildman–Crippen MR) is 128 cm³/mol. The number of hydrogen-bond acceptors (Lipinski definition) is 5. The van der Waals surface area contributed by atoms with Crippen LogP contribution >= 0.6 is 0 Å². The van der Waals surface area contributed by atoms with Gasteiger partial charge in [-0.2, -0.15) is 4.31 Å². The maximum Gasteiger partial charge on any atom is 0.251 e. The number of methoxy groups -OCH3 is 1. The van der Waals surface area contributed by atoms with E-state index in [1.165, 1.54) is 16.8 Å². The summed E-state index contributed by atoms with van der Waals surface area (Å²) in [4.78, 5) is 15.6. The molecule has 2 aliphatic rings. The lowest BCUT2D eigenvalue weighted by Crippen LogP contribution is -2.40. The average molecular weight is 472 g/mol. The summed E-state index contributed by atoms with van der Waals surface area (Å²) < 4.78 is 32.6. The minimum absolute atomic E-state index is 0.0525. The number of nitrogens with one attached hydrogen (secondary N) is 1. The zero-order valence-corrected chi connectivity index (χ0v) is 20.0. The molecule has 33 heavy (non-hydrogen) atoms. The highest BCUT2D eigenvalue weighted by Gasteiger charge is 2.28. The van der Waals surface area contributed by atoms with Gasteiger partial charge in [0.05, 0.1) is 18.0 Å². The van der Waals surface area contributed by atoms with E-state index in [1.54, 1.807) is 25.3 Å². The lowest BCUT2D eigenvalue weighted by molar-refractivity contribution is 0.0924. The van der Waals surface area contributed by atoms with Crippen molar-refractivity contribution in [2.75, 3.05) is 39.8 Å². The molecule has 0 radical (unpaired) electrons. The Bertz CT molecular complexity index is 1040. The van der Waals surface area contributed by atoms with E-state index in [0.29, 0.717) is 25.2 Å². The van der Waals surface area contributed by atoms with Gasteiger partial charge in [-0.3, -0.25) is 9.69 Å². The van der Waals surface area contributed by atoms with Gasteiger partial charge in [0.1, 0.15) is 5.75 Å². The largest absolute Gasteiger partial charge is 0.497 e. The van der Waals surface area contributed by atoms with Crippen molar-refractivity contribution < 1.29 is 17.9 Å². The van der Waals surface area contributed by atoms with Gasteiger partial charge in [-0.05, 0) is 74.7 Å². The third-order valence-corrected chi connectivity index (χ3v) is 8.48. The molecule has 8 heteroatoms. The van der Waals surface area contributed by atoms with Gasteiger partial charge in [-0.15, -0.1) is 0 Å². The van der Waals surface area contributed by atoms with Crippen molar-refractivity contribution in [2.24, 2.45) is 0 Å². The normalized spacial score (nSPS) is 18.7. The zero-order valence-electron chi connectivity index (χ0n) is 19.2. The van der Waals surface area contributed by atoms with E-state index < -0.39 is 10.0 Å². The molecular formula is C25H33N3O4S. The molecule has 0 aromatic heterocycles. The number of carbonyl (C=O) groups is 1. The molecule has 0 bridgehead atoms. The molecule has 1 amide bonds. The molecule has 2 aromatic carbocycles. The highest BCUT2D eigenvalue weighted by atomic mass is 32.2. The van der Waals surface area contributed by atoms with Gasteiger partial charge in [0.15, 0.2) is 0 Å². The van der Waals surface area contributed by atoms with Crippen molar-refractivity contribution >= 4 is 15.9 Å². The molecule has 2 fully saturated rings. The standard InChI is InChI=1S/C25H33N3O4S/c1-32-22-12-10-20(11-13-22)24(27-14-3-2-4-15-27)19-26-25(29)21-8-7-9-23(18-21)33(30,31)28-16-5-6-17-28/h7-13,18,24H,2-6,14-17,19H2,1H3,(H,26,29)/t24-/m0/s1. The summed E-state index contributed by atoms with van der Waals surface area (Å²) >= 11 is 0. The Balaban J connectivity index is 1.49. The van der Waals surface area contributed by atoms with Crippen LogP contribution in [-0.2, 0) is 10.0 Å². The first kappa shape index (κ1) is 23.7. The number of rotatable bonds is 8. The Kier molecular flexibility index (Phi) is 7.67. The number of carbonyl (C=O) groups excluding carboxylic acids is 1. The quantitative estimate of drug-likeness (QED) is 0.638. The summed E-state index contributed by atoms with van der Waals surface area (Å²) in [6, 6.07) is 14.4. The number of nitrogens with zero attached hydrogens (tertiary/aromatic N) is 2. The Morgan fingerprint density at radius 2 is 1.64 bits per heavy atom. The minimum Gasteiger partial charge on any atom is -0.497 e. The third kappa shape index (κ3) is 5.57. The monoisotopic (exact) mass is 471 g/mol. The number of sulfonamides is 1. The molecule has 4 rings (SSSR count). The molecule has 1 N–H and O–H groups in total. The van der Waals surface area contributed by atoms with E-state index in [0.717, 1.165) is 50.1 Å². The van der Waals surface area contributed by atoms with Crippen LogP contribution in [-0.4, -0.2) is 63.4 Å². The highest BCUT2D eigenvalue weighted by molar-refractivity contribution is 7.89. The lowest BCUT2D eigenvalue weighted by Gasteiger charge is -2.35. The van der Waals surface area contributed by atoms with Crippen LogP contribution in [0.5, 0.6) is 5.75 Å². The number of benzene rings is 2. The molecule has 0 unspecified atom stereocenters. The fourth-order valence-corrected chi connectivity index (χ4v) is 6.24. The number of amides is 1. The molecule has 0 saturated carbocycles. The van der Waals surface area contributed by atoms with Crippen LogP contribution in [0.3, 0.4) is 0 Å². The second-order valence-electron chi connectivity index (χ2n) is 8.73. The molecule has 2 aromatic rings. The summed E-state index contributed by atoms with van der Waals surface area (Å²) in [6.45, 7) is 3.52. The highest BCUT2D eigenvalue weighted by Crippen LogP contribution is 2.26. The average Bonchev–Trinajstić information content (AvgIpc) is 3.41. The SMILES string of the molecule is COc1ccc([C@H](CNC(=O)c2cccc(S(=O)(=O)N3CCCC3)c2)N2CCCCC2)cc1. The smallest absolute Gasteiger partial charge is 0.251 e. The van der Waals surface area contributed by atoms with Gasteiger partial charge < -0.3 is 10.1 Å². The maximum atomic E-state index is 13.0. The number of piperidine rings is 1. The first-order valence-electron chi connectivity index (χ1n) is 11.8. The molecule has 7 nitrogen and oxygen atoms in total. The maximum absolute atomic E-state index is 13.0. The predicted octanol–water partition coefficient (Wildman–Crippen LogP) is 3.44. The van der Waals surface area contributed by atoms with E-state index in [2.05, 4.69) is 10.2 Å². The second kappa shape index (κ2) is 10.7. The molecule has 178 valence electrons. The van der Waals surface area contributed by atoms with Crippen LogP contribution in [0.25, 0.3) is 0 Å². The van der Waals surface area contributed by atoms with Crippen LogP contribution in [0.1, 0.15) is 54.1 Å². The lowest BCUT2D eigenvalue weighted by atomic mass is 10.0. The Labute approximate surface area is 196 Å². The Hall–Kier alpha value is -2.42.